The van der Waals surface area contributed by atoms with Crippen molar-refractivity contribution in [2.24, 2.45) is 11.7 Å². The lowest BCUT2D eigenvalue weighted by atomic mass is 9.93. The van der Waals surface area contributed by atoms with E-state index < -0.39 is 6.10 Å². The second-order valence-electron chi connectivity index (χ2n) is 6.05. The fourth-order valence-corrected chi connectivity index (χ4v) is 2.87. The number of nitrogens with zero attached hydrogens (tertiary/aromatic N) is 1. The normalized spacial score (nSPS) is 17.7. The van der Waals surface area contributed by atoms with Gasteiger partial charge < -0.3 is 25.2 Å². The van der Waals surface area contributed by atoms with Gasteiger partial charge in [0.1, 0.15) is 24.2 Å². The molecule has 1 atom stereocenters. The number of methoxy groups -OCH3 is 1. The number of ether oxygens (including phenoxy) is 2. The summed E-state index contributed by atoms with van der Waals surface area (Å²) in [5, 5.41) is 10.1. The molecular formula is C17H26N2O4. The molecule has 0 radical (unpaired) electrons. The molecular weight excluding hydrogens is 296 g/mol. The molecule has 1 aliphatic rings. The molecule has 0 unspecified atom stereocenters. The highest BCUT2D eigenvalue weighted by molar-refractivity contribution is 5.73. The van der Waals surface area contributed by atoms with Crippen LogP contribution >= 0.6 is 0 Å². The van der Waals surface area contributed by atoms with Crippen molar-refractivity contribution >= 4 is 5.91 Å². The average Bonchev–Trinajstić information content (AvgIpc) is 2.55. The number of aliphatic hydroxyl groups excluding tert-OH is 1. The lowest BCUT2D eigenvalue weighted by Crippen LogP contribution is -2.41. The van der Waals surface area contributed by atoms with Crippen molar-refractivity contribution in [2.45, 2.75) is 25.4 Å². The van der Waals surface area contributed by atoms with E-state index in [9.17, 15) is 9.90 Å². The summed E-state index contributed by atoms with van der Waals surface area (Å²) < 4.78 is 10.7. The summed E-state index contributed by atoms with van der Waals surface area (Å²) in [6.07, 6.45) is 1.84. The van der Waals surface area contributed by atoms with E-state index in [1.54, 1.807) is 7.11 Å². The van der Waals surface area contributed by atoms with Gasteiger partial charge >= 0.3 is 0 Å². The van der Waals surface area contributed by atoms with Gasteiger partial charge in [-0.1, -0.05) is 0 Å². The zero-order valence-corrected chi connectivity index (χ0v) is 13.6. The number of carbonyl (C=O) groups is 1. The van der Waals surface area contributed by atoms with Gasteiger partial charge in [0.2, 0.25) is 5.91 Å². The minimum atomic E-state index is -0.537. The average molecular weight is 322 g/mol. The summed E-state index contributed by atoms with van der Waals surface area (Å²) >= 11 is 0. The predicted molar refractivity (Wildman–Crippen MR) is 87.5 cm³/mol. The third-order valence-electron chi connectivity index (χ3n) is 4.17. The molecule has 1 amide bonds. The molecule has 1 aliphatic heterocycles. The van der Waals surface area contributed by atoms with Crippen LogP contribution in [0, 0.1) is 5.92 Å². The van der Waals surface area contributed by atoms with Gasteiger partial charge in [-0.05, 0) is 56.1 Å². The molecule has 0 spiro atoms. The van der Waals surface area contributed by atoms with Gasteiger partial charge in [0.05, 0.1) is 7.11 Å². The van der Waals surface area contributed by atoms with E-state index in [0.29, 0.717) is 24.6 Å². The number of likely N-dealkylation sites (tertiary alicyclic amines) is 1. The summed E-state index contributed by atoms with van der Waals surface area (Å²) in [5.41, 5.74) is 5.23. The summed E-state index contributed by atoms with van der Waals surface area (Å²) in [6.45, 7) is 2.61. The van der Waals surface area contributed by atoms with E-state index in [1.807, 2.05) is 24.3 Å². The van der Waals surface area contributed by atoms with Crippen molar-refractivity contribution in [3.8, 4) is 11.5 Å². The highest BCUT2D eigenvalue weighted by Gasteiger charge is 2.22. The molecule has 1 heterocycles. The second kappa shape index (κ2) is 8.74. The number of carbonyl (C=O) groups excluding carboxylic acids is 1. The van der Waals surface area contributed by atoms with Crippen LogP contribution < -0.4 is 15.2 Å². The second-order valence-corrected chi connectivity index (χ2v) is 6.05. The third kappa shape index (κ3) is 6.08. The Hall–Kier alpha value is -1.79. The third-order valence-corrected chi connectivity index (χ3v) is 4.17. The largest absolute Gasteiger partial charge is 0.497 e. The monoisotopic (exact) mass is 322 g/mol. The number of aliphatic hydroxyl groups is 1. The molecule has 1 aromatic rings. The Kier molecular flexibility index (Phi) is 6.67. The van der Waals surface area contributed by atoms with Crippen LogP contribution in [-0.2, 0) is 4.79 Å². The van der Waals surface area contributed by atoms with Crippen LogP contribution in [0.2, 0.25) is 0 Å². The van der Waals surface area contributed by atoms with Gasteiger partial charge in [-0.3, -0.25) is 4.79 Å². The molecule has 128 valence electrons. The first-order valence-corrected chi connectivity index (χ1v) is 8.02. The van der Waals surface area contributed by atoms with E-state index in [0.717, 1.165) is 31.7 Å². The maximum absolute atomic E-state index is 10.9. The van der Waals surface area contributed by atoms with Crippen LogP contribution in [0.1, 0.15) is 19.3 Å². The number of nitrogens with two attached hydrogens (primary N) is 1. The van der Waals surface area contributed by atoms with Crippen LogP contribution in [-0.4, -0.2) is 55.4 Å². The van der Waals surface area contributed by atoms with Crippen LogP contribution in [0.25, 0.3) is 0 Å². The van der Waals surface area contributed by atoms with Crippen molar-refractivity contribution < 1.29 is 19.4 Å². The van der Waals surface area contributed by atoms with E-state index in [-0.39, 0.29) is 12.5 Å². The lowest BCUT2D eigenvalue weighted by molar-refractivity contribution is -0.119. The first-order valence-electron chi connectivity index (χ1n) is 8.02. The lowest BCUT2D eigenvalue weighted by Gasteiger charge is -2.32. The Morgan fingerprint density at radius 3 is 2.48 bits per heavy atom. The number of hydrogen-bond donors (Lipinski definition) is 2. The molecule has 0 bridgehead atoms. The van der Waals surface area contributed by atoms with E-state index in [1.165, 1.54) is 0 Å². The minimum Gasteiger partial charge on any atom is -0.497 e. The van der Waals surface area contributed by atoms with Crippen LogP contribution in [0.4, 0.5) is 0 Å². The smallest absolute Gasteiger partial charge is 0.217 e. The number of hydrogen-bond acceptors (Lipinski definition) is 5. The number of piperidine rings is 1. The molecule has 1 aromatic carbocycles. The summed E-state index contributed by atoms with van der Waals surface area (Å²) in [6, 6.07) is 7.29. The quantitative estimate of drug-likeness (QED) is 0.746. The molecule has 2 rings (SSSR count). The Morgan fingerprint density at radius 2 is 1.91 bits per heavy atom. The number of rotatable bonds is 8. The van der Waals surface area contributed by atoms with E-state index in [2.05, 4.69) is 4.90 Å². The number of β-amino-alcohol motifs (C(OH)–C–C–N with tert-alkyl or cyclic N) is 1. The SMILES string of the molecule is COc1ccc(OC[C@@H](O)CN2CCC(CC(N)=O)CC2)cc1. The maximum atomic E-state index is 10.9. The van der Waals surface area contributed by atoms with Crippen molar-refractivity contribution in [2.75, 3.05) is 33.4 Å². The first kappa shape index (κ1) is 17.6. The van der Waals surface area contributed by atoms with Crippen molar-refractivity contribution in [1.29, 1.82) is 0 Å². The zero-order chi connectivity index (χ0) is 16.7. The fraction of sp³-hybridized carbons (Fsp3) is 0.588. The number of primary amides is 1. The van der Waals surface area contributed by atoms with Gasteiger partial charge in [-0.2, -0.15) is 0 Å². The summed E-state index contributed by atoms with van der Waals surface area (Å²) in [5.74, 6) is 1.65. The van der Waals surface area contributed by atoms with Gasteiger partial charge in [0.25, 0.3) is 0 Å². The molecule has 23 heavy (non-hydrogen) atoms. The topological polar surface area (TPSA) is 85.0 Å². The molecule has 6 heteroatoms. The van der Waals surface area contributed by atoms with Crippen LogP contribution in [0.15, 0.2) is 24.3 Å². The summed E-state index contributed by atoms with van der Waals surface area (Å²) in [7, 11) is 1.62. The molecule has 0 saturated carbocycles. The van der Waals surface area contributed by atoms with Gasteiger partial charge in [0.15, 0.2) is 0 Å². The Balaban J connectivity index is 1.66. The molecule has 1 fully saturated rings. The van der Waals surface area contributed by atoms with E-state index in [4.69, 9.17) is 15.2 Å². The Labute approximate surface area is 137 Å². The molecule has 1 saturated heterocycles. The molecule has 0 aromatic heterocycles. The molecule has 0 aliphatic carbocycles. The Morgan fingerprint density at radius 1 is 1.30 bits per heavy atom. The fourth-order valence-electron chi connectivity index (χ4n) is 2.87. The highest BCUT2D eigenvalue weighted by Crippen LogP contribution is 2.20. The molecule has 6 nitrogen and oxygen atoms in total. The maximum Gasteiger partial charge on any atom is 0.217 e. The van der Waals surface area contributed by atoms with Gasteiger partial charge in [-0.15, -0.1) is 0 Å². The van der Waals surface area contributed by atoms with Crippen molar-refractivity contribution in [3.63, 3.8) is 0 Å². The number of benzene rings is 1. The van der Waals surface area contributed by atoms with Crippen molar-refractivity contribution in [3.05, 3.63) is 24.3 Å². The van der Waals surface area contributed by atoms with Gasteiger partial charge in [-0.25, -0.2) is 0 Å². The van der Waals surface area contributed by atoms with E-state index >= 15 is 0 Å². The molecule has 3 N–H and O–H groups in total. The minimum absolute atomic E-state index is 0.226. The standard InChI is InChI=1S/C17H26N2O4/c1-22-15-2-4-16(5-3-15)23-12-14(20)11-19-8-6-13(7-9-19)10-17(18)21/h2-5,13-14,20H,6-12H2,1H3,(H2,18,21)/t14-/m0/s1. The van der Waals surface area contributed by atoms with Gasteiger partial charge in [0, 0.05) is 13.0 Å². The summed E-state index contributed by atoms with van der Waals surface area (Å²) in [4.78, 5) is 13.1. The predicted octanol–water partition coefficient (Wildman–Crippen LogP) is 1.02. The highest BCUT2D eigenvalue weighted by atomic mass is 16.5. The van der Waals surface area contributed by atoms with Crippen molar-refractivity contribution in [1.82, 2.24) is 4.90 Å². The Bertz CT molecular complexity index is 484. The van der Waals surface area contributed by atoms with Crippen LogP contribution in [0.3, 0.4) is 0 Å². The van der Waals surface area contributed by atoms with Crippen LogP contribution in [0.5, 0.6) is 11.5 Å². The zero-order valence-electron chi connectivity index (χ0n) is 13.6. The first-order chi connectivity index (χ1) is 11.1. The number of amides is 1.